The lowest BCUT2D eigenvalue weighted by Crippen LogP contribution is -2.28. The Hall–Kier alpha value is -0.0900. The van der Waals surface area contributed by atoms with Crippen LogP contribution in [-0.4, -0.2) is 32.5 Å². The van der Waals surface area contributed by atoms with Gasteiger partial charge in [0.25, 0.3) is 0 Å². The first kappa shape index (κ1) is 12.0. The second-order valence-corrected chi connectivity index (χ2v) is 7.69. The van der Waals surface area contributed by atoms with Gasteiger partial charge < -0.3 is 5.32 Å². The highest BCUT2D eigenvalue weighted by Gasteiger charge is 2.29. The molecule has 1 saturated heterocycles. The minimum atomic E-state index is -2.86. The molecule has 0 amide bonds. The molecule has 3 nitrogen and oxygen atoms in total. The average molecular weight is 219 g/mol. The molecule has 4 heteroatoms. The minimum Gasteiger partial charge on any atom is -0.315 e. The third-order valence-electron chi connectivity index (χ3n) is 2.66. The molecule has 1 aliphatic heterocycles. The first-order valence-electron chi connectivity index (χ1n) is 5.23. The van der Waals surface area contributed by atoms with E-state index in [1.54, 1.807) is 0 Å². The third-order valence-corrected chi connectivity index (χ3v) is 4.85. The summed E-state index contributed by atoms with van der Waals surface area (Å²) >= 11 is 0. The largest absolute Gasteiger partial charge is 0.315 e. The van der Waals surface area contributed by atoms with Crippen LogP contribution in [0.15, 0.2) is 0 Å². The van der Waals surface area contributed by atoms with Crippen molar-refractivity contribution in [3.05, 3.63) is 0 Å². The van der Waals surface area contributed by atoms with Gasteiger partial charge in [0, 0.05) is 6.54 Å². The molecule has 1 heterocycles. The van der Waals surface area contributed by atoms with Crippen molar-refractivity contribution < 1.29 is 8.42 Å². The van der Waals surface area contributed by atoms with Gasteiger partial charge in [-0.2, -0.15) is 0 Å². The summed E-state index contributed by atoms with van der Waals surface area (Å²) in [7, 11) is -2.86. The average Bonchev–Trinajstić information content (AvgIpc) is 2.52. The highest BCUT2D eigenvalue weighted by molar-refractivity contribution is 7.92. The van der Waals surface area contributed by atoms with Gasteiger partial charge in [0.05, 0.1) is 11.0 Å². The van der Waals surface area contributed by atoms with Crippen LogP contribution >= 0.6 is 0 Å². The quantitative estimate of drug-likeness (QED) is 0.776. The molecule has 0 bridgehead atoms. The van der Waals surface area contributed by atoms with E-state index < -0.39 is 9.84 Å². The van der Waals surface area contributed by atoms with E-state index in [0.29, 0.717) is 12.3 Å². The molecule has 0 radical (unpaired) electrons. The summed E-state index contributed by atoms with van der Waals surface area (Å²) in [6.45, 7) is 7.73. The normalized spacial score (nSPS) is 24.1. The van der Waals surface area contributed by atoms with Crippen LogP contribution in [0.3, 0.4) is 0 Å². The molecular formula is C10H21NO2S. The molecule has 1 N–H and O–H groups in total. The van der Waals surface area contributed by atoms with Crippen LogP contribution in [0, 0.1) is 5.41 Å². The Morgan fingerprint density at radius 1 is 1.36 bits per heavy atom. The Kier molecular flexibility index (Phi) is 3.58. The highest BCUT2D eigenvalue weighted by Crippen LogP contribution is 2.21. The van der Waals surface area contributed by atoms with Crippen molar-refractivity contribution in [3.63, 3.8) is 0 Å². The summed E-state index contributed by atoms with van der Waals surface area (Å²) in [5, 5.41) is 2.96. The monoisotopic (exact) mass is 219 g/mol. The number of hydrogen-bond donors (Lipinski definition) is 1. The first-order valence-corrected chi connectivity index (χ1v) is 6.95. The Bertz CT molecular complexity index is 271. The van der Waals surface area contributed by atoms with Gasteiger partial charge in [-0.25, -0.2) is 8.42 Å². The molecule has 0 aromatic rings. The molecule has 14 heavy (non-hydrogen) atoms. The lowest BCUT2D eigenvalue weighted by Gasteiger charge is -2.19. The van der Waals surface area contributed by atoms with Gasteiger partial charge >= 0.3 is 0 Å². The zero-order chi connectivity index (χ0) is 10.8. The SMILES string of the molecule is CC(C)(C)CCS(=O)(=O)C1CCNC1. The van der Waals surface area contributed by atoms with Gasteiger partial charge in [-0.3, -0.25) is 0 Å². The van der Waals surface area contributed by atoms with Crippen molar-refractivity contribution in [1.82, 2.24) is 5.32 Å². The van der Waals surface area contributed by atoms with Crippen molar-refractivity contribution in [2.45, 2.75) is 38.9 Å². The van der Waals surface area contributed by atoms with Crippen LogP contribution in [0.2, 0.25) is 0 Å². The molecular weight excluding hydrogens is 198 g/mol. The maximum atomic E-state index is 11.8. The van der Waals surface area contributed by atoms with Crippen LogP contribution in [0.5, 0.6) is 0 Å². The van der Waals surface area contributed by atoms with Gasteiger partial charge in [-0.15, -0.1) is 0 Å². The summed E-state index contributed by atoms with van der Waals surface area (Å²) in [6, 6.07) is 0. The van der Waals surface area contributed by atoms with Gasteiger partial charge in [0.1, 0.15) is 0 Å². The van der Waals surface area contributed by atoms with Crippen molar-refractivity contribution in [2.75, 3.05) is 18.8 Å². The molecule has 1 fully saturated rings. The molecule has 1 aliphatic rings. The predicted molar refractivity (Wildman–Crippen MR) is 59.1 cm³/mol. The second kappa shape index (κ2) is 4.19. The summed E-state index contributed by atoms with van der Waals surface area (Å²) < 4.78 is 23.7. The third kappa shape index (κ3) is 3.58. The van der Waals surface area contributed by atoms with Crippen LogP contribution in [-0.2, 0) is 9.84 Å². The second-order valence-electron chi connectivity index (χ2n) is 5.29. The Balaban J connectivity index is 2.50. The topological polar surface area (TPSA) is 46.2 Å². The summed E-state index contributed by atoms with van der Waals surface area (Å²) in [4.78, 5) is 0. The van der Waals surface area contributed by atoms with E-state index in [4.69, 9.17) is 0 Å². The maximum absolute atomic E-state index is 11.8. The van der Waals surface area contributed by atoms with E-state index in [-0.39, 0.29) is 10.7 Å². The van der Waals surface area contributed by atoms with E-state index in [0.717, 1.165) is 19.4 Å². The van der Waals surface area contributed by atoms with E-state index >= 15 is 0 Å². The number of hydrogen-bond acceptors (Lipinski definition) is 3. The molecule has 0 saturated carbocycles. The van der Waals surface area contributed by atoms with Crippen molar-refractivity contribution in [2.24, 2.45) is 5.41 Å². The van der Waals surface area contributed by atoms with Crippen molar-refractivity contribution in [1.29, 1.82) is 0 Å². The van der Waals surface area contributed by atoms with E-state index in [2.05, 4.69) is 26.1 Å². The summed E-state index contributed by atoms with van der Waals surface area (Å²) in [6.07, 6.45) is 1.54. The zero-order valence-electron chi connectivity index (χ0n) is 9.34. The molecule has 1 rings (SSSR count). The van der Waals surface area contributed by atoms with Gasteiger partial charge in [-0.05, 0) is 24.8 Å². The number of rotatable bonds is 3. The van der Waals surface area contributed by atoms with Crippen LogP contribution < -0.4 is 5.32 Å². The maximum Gasteiger partial charge on any atom is 0.154 e. The minimum absolute atomic E-state index is 0.110. The fourth-order valence-corrected chi connectivity index (χ4v) is 3.63. The van der Waals surface area contributed by atoms with Gasteiger partial charge in [0.2, 0.25) is 0 Å². The number of nitrogens with one attached hydrogen (secondary N) is 1. The van der Waals surface area contributed by atoms with Gasteiger partial charge in [0.15, 0.2) is 9.84 Å². The van der Waals surface area contributed by atoms with E-state index in [9.17, 15) is 8.42 Å². The standard InChI is InChI=1S/C10H21NO2S/c1-10(2,3)5-7-14(12,13)9-4-6-11-8-9/h9,11H,4-8H2,1-3H3. The van der Waals surface area contributed by atoms with E-state index in [1.165, 1.54) is 0 Å². The summed E-state index contributed by atoms with van der Waals surface area (Å²) in [5.74, 6) is 0.336. The van der Waals surface area contributed by atoms with Gasteiger partial charge in [-0.1, -0.05) is 20.8 Å². The molecule has 0 aromatic heterocycles. The molecule has 1 atom stereocenters. The van der Waals surface area contributed by atoms with Crippen LogP contribution in [0.1, 0.15) is 33.6 Å². The first-order chi connectivity index (χ1) is 6.31. The van der Waals surface area contributed by atoms with E-state index in [1.807, 2.05) is 0 Å². The lowest BCUT2D eigenvalue weighted by molar-refractivity contribution is 0.396. The fourth-order valence-electron chi connectivity index (χ4n) is 1.55. The lowest BCUT2D eigenvalue weighted by atomic mass is 9.94. The van der Waals surface area contributed by atoms with Crippen molar-refractivity contribution >= 4 is 9.84 Å². The highest BCUT2D eigenvalue weighted by atomic mass is 32.2. The smallest absolute Gasteiger partial charge is 0.154 e. The fraction of sp³-hybridized carbons (Fsp3) is 1.00. The Morgan fingerprint density at radius 3 is 2.43 bits per heavy atom. The molecule has 1 unspecified atom stereocenters. The molecule has 0 aliphatic carbocycles. The zero-order valence-corrected chi connectivity index (χ0v) is 10.2. The summed E-state index contributed by atoms with van der Waals surface area (Å²) in [5.41, 5.74) is 0.110. The Morgan fingerprint density at radius 2 is 2.00 bits per heavy atom. The Labute approximate surface area is 87.2 Å². The molecule has 84 valence electrons. The van der Waals surface area contributed by atoms with Crippen molar-refractivity contribution in [3.8, 4) is 0 Å². The molecule has 0 aromatic carbocycles. The van der Waals surface area contributed by atoms with Crippen LogP contribution in [0.4, 0.5) is 0 Å². The van der Waals surface area contributed by atoms with Crippen LogP contribution in [0.25, 0.3) is 0 Å². The number of sulfone groups is 1. The predicted octanol–water partition coefficient (Wildman–Crippen LogP) is 1.20. The molecule has 0 spiro atoms.